The number of fused-ring (bicyclic) bond motifs is 7. The van der Waals surface area contributed by atoms with E-state index >= 15 is 0 Å². The summed E-state index contributed by atoms with van der Waals surface area (Å²) in [5.41, 5.74) is 2.32. The highest BCUT2D eigenvalue weighted by Crippen LogP contribution is 2.69. The average molecular weight is 516 g/mol. The van der Waals surface area contributed by atoms with Crippen molar-refractivity contribution in [3.05, 3.63) is 11.3 Å². The molecule has 37 heavy (non-hydrogen) atoms. The van der Waals surface area contributed by atoms with Gasteiger partial charge in [0.15, 0.2) is 0 Å². The van der Waals surface area contributed by atoms with Gasteiger partial charge < -0.3 is 19.9 Å². The van der Waals surface area contributed by atoms with Gasteiger partial charge in [0.25, 0.3) is 0 Å². The standard InChI is InChI=1S/C32H53NO4/c1-19(2)18-36-30(35)33-17-20(3)7-10-27-21(4)29-28(37-27)16-26-24-9-8-22-15-23(34)11-13-31(22,5)25(24)12-14-32(26,29)6/h19-20,22-26,28-29,34H,7-18H2,1-6H3,(H,33,35)/t20-,22?,23-,24+,25?,26?,28-,29-,31-,32-/m0/s1. The topological polar surface area (TPSA) is 67.8 Å². The Kier molecular flexibility index (Phi) is 7.68. The zero-order valence-corrected chi connectivity index (χ0v) is 24.4. The second-order valence-electron chi connectivity index (χ2n) is 14.6. The van der Waals surface area contributed by atoms with Crippen molar-refractivity contribution >= 4 is 6.09 Å². The number of ether oxygens (including phenoxy) is 2. The first-order valence-corrected chi connectivity index (χ1v) is 15.5. The maximum Gasteiger partial charge on any atom is 0.407 e. The van der Waals surface area contributed by atoms with Crippen LogP contribution in [-0.4, -0.2) is 36.6 Å². The molecule has 4 aliphatic carbocycles. The highest BCUT2D eigenvalue weighted by Gasteiger charge is 2.64. The molecule has 5 rings (SSSR count). The lowest BCUT2D eigenvalue weighted by atomic mass is 9.44. The predicted molar refractivity (Wildman–Crippen MR) is 147 cm³/mol. The lowest BCUT2D eigenvalue weighted by Crippen LogP contribution is -2.54. The molecule has 0 spiro atoms. The molecule has 4 fully saturated rings. The minimum Gasteiger partial charge on any atom is -0.494 e. The number of aliphatic hydroxyl groups excluding tert-OH is 1. The molecule has 10 atom stereocenters. The van der Waals surface area contributed by atoms with Gasteiger partial charge in [0.2, 0.25) is 0 Å². The molecule has 0 aromatic heterocycles. The van der Waals surface area contributed by atoms with Gasteiger partial charge in [-0.2, -0.15) is 0 Å². The van der Waals surface area contributed by atoms with E-state index < -0.39 is 0 Å². The van der Waals surface area contributed by atoms with Crippen molar-refractivity contribution in [2.24, 2.45) is 52.3 Å². The van der Waals surface area contributed by atoms with E-state index in [-0.39, 0.29) is 12.2 Å². The van der Waals surface area contributed by atoms with Crippen molar-refractivity contribution in [3.63, 3.8) is 0 Å². The Labute approximate surface area is 225 Å². The number of amides is 1. The zero-order chi connectivity index (χ0) is 26.5. The summed E-state index contributed by atoms with van der Waals surface area (Å²) in [4.78, 5) is 11.9. The van der Waals surface area contributed by atoms with Crippen molar-refractivity contribution in [2.45, 2.75) is 118 Å². The van der Waals surface area contributed by atoms with E-state index in [1.807, 2.05) is 13.8 Å². The number of nitrogens with one attached hydrogen (secondary N) is 1. The fourth-order valence-corrected chi connectivity index (χ4v) is 9.85. The first-order chi connectivity index (χ1) is 17.5. The van der Waals surface area contributed by atoms with Crippen molar-refractivity contribution < 1.29 is 19.4 Å². The molecule has 1 amide bonds. The van der Waals surface area contributed by atoms with Crippen LogP contribution < -0.4 is 5.32 Å². The van der Waals surface area contributed by atoms with Crippen molar-refractivity contribution in [1.82, 2.24) is 5.32 Å². The summed E-state index contributed by atoms with van der Waals surface area (Å²) in [7, 11) is 0. The number of hydrogen-bond donors (Lipinski definition) is 2. The Morgan fingerprint density at radius 2 is 1.84 bits per heavy atom. The zero-order valence-electron chi connectivity index (χ0n) is 24.4. The van der Waals surface area contributed by atoms with Gasteiger partial charge in [0.05, 0.1) is 18.5 Å². The third kappa shape index (κ3) is 4.96. The van der Waals surface area contributed by atoms with E-state index in [9.17, 15) is 9.90 Å². The third-order valence-corrected chi connectivity index (χ3v) is 11.9. The van der Waals surface area contributed by atoms with E-state index in [4.69, 9.17) is 9.47 Å². The summed E-state index contributed by atoms with van der Waals surface area (Å²) < 4.78 is 12.0. The number of hydrogen-bond acceptors (Lipinski definition) is 4. The van der Waals surface area contributed by atoms with Crippen LogP contribution in [0.4, 0.5) is 4.79 Å². The quantitative estimate of drug-likeness (QED) is 0.380. The number of carbonyl (C=O) groups excluding carboxylic acids is 1. The van der Waals surface area contributed by atoms with Gasteiger partial charge in [-0.15, -0.1) is 0 Å². The first kappa shape index (κ1) is 27.3. The van der Waals surface area contributed by atoms with Crippen LogP contribution in [-0.2, 0) is 9.47 Å². The lowest BCUT2D eigenvalue weighted by Gasteiger charge is -2.60. The second kappa shape index (κ2) is 10.4. The average Bonchev–Trinajstić information content (AvgIpc) is 3.33. The Morgan fingerprint density at radius 1 is 1.08 bits per heavy atom. The number of carbonyl (C=O) groups is 1. The summed E-state index contributed by atoms with van der Waals surface area (Å²) in [5.74, 6) is 5.73. The number of aliphatic hydroxyl groups is 1. The molecule has 2 N–H and O–H groups in total. The molecule has 1 aliphatic heterocycles. The third-order valence-electron chi connectivity index (χ3n) is 11.9. The maximum atomic E-state index is 11.9. The minimum absolute atomic E-state index is 0.0638. The molecule has 210 valence electrons. The normalized spacial score (nSPS) is 43.4. The van der Waals surface area contributed by atoms with E-state index in [0.717, 1.165) is 49.4 Å². The van der Waals surface area contributed by atoms with Crippen LogP contribution in [0.2, 0.25) is 0 Å². The van der Waals surface area contributed by atoms with Crippen LogP contribution in [0.15, 0.2) is 11.3 Å². The summed E-state index contributed by atoms with van der Waals surface area (Å²) >= 11 is 0. The first-order valence-electron chi connectivity index (χ1n) is 15.5. The lowest BCUT2D eigenvalue weighted by molar-refractivity contribution is -0.124. The van der Waals surface area contributed by atoms with Crippen LogP contribution in [0.25, 0.3) is 0 Å². The van der Waals surface area contributed by atoms with Gasteiger partial charge in [0.1, 0.15) is 6.10 Å². The molecule has 1 heterocycles. The molecule has 3 unspecified atom stereocenters. The van der Waals surface area contributed by atoms with Crippen LogP contribution in [0.3, 0.4) is 0 Å². The SMILES string of the molecule is CC1=C(CC[C@H](C)CNC(=O)OCC(C)C)O[C@H]2CC3[C@@H]4CCC5C[C@@H](O)CC[C@]5(C)C4CC[C@]3(C)[C@@H]12. The van der Waals surface area contributed by atoms with Gasteiger partial charge in [-0.25, -0.2) is 4.79 Å². The van der Waals surface area contributed by atoms with E-state index in [2.05, 4.69) is 33.0 Å². The van der Waals surface area contributed by atoms with E-state index in [0.29, 0.717) is 47.8 Å². The summed E-state index contributed by atoms with van der Waals surface area (Å²) in [6.45, 7) is 14.9. The molecule has 0 aromatic carbocycles. The smallest absolute Gasteiger partial charge is 0.407 e. The highest BCUT2D eigenvalue weighted by molar-refractivity contribution is 5.67. The molecule has 5 nitrogen and oxygen atoms in total. The Hall–Kier alpha value is -1.23. The predicted octanol–water partition coefficient (Wildman–Crippen LogP) is 7.09. The summed E-state index contributed by atoms with van der Waals surface area (Å²) in [6, 6.07) is 0. The van der Waals surface area contributed by atoms with Gasteiger partial charge in [-0.3, -0.25) is 0 Å². The molecule has 5 aliphatic rings. The Balaban J connectivity index is 1.19. The number of alkyl carbamates (subject to hydrolysis) is 1. The maximum absolute atomic E-state index is 11.9. The van der Waals surface area contributed by atoms with Crippen LogP contribution >= 0.6 is 0 Å². The van der Waals surface area contributed by atoms with Gasteiger partial charge in [-0.1, -0.05) is 34.6 Å². The van der Waals surface area contributed by atoms with Crippen molar-refractivity contribution in [3.8, 4) is 0 Å². The second-order valence-corrected chi connectivity index (χ2v) is 14.6. The highest BCUT2D eigenvalue weighted by atomic mass is 16.5. The number of allylic oxidation sites excluding steroid dienone is 1. The molecule has 5 heteroatoms. The number of rotatable bonds is 7. The largest absolute Gasteiger partial charge is 0.494 e. The monoisotopic (exact) mass is 515 g/mol. The molecule has 4 saturated carbocycles. The van der Waals surface area contributed by atoms with Gasteiger partial charge in [-0.05, 0) is 117 Å². The fourth-order valence-electron chi connectivity index (χ4n) is 9.85. The van der Waals surface area contributed by atoms with Crippen molar-refractivity contribution in [1.29, 1.82) is 0 Å². The molecule has 0 radical (unpaired) electrons. The fraction of sp³-hybridized carbons (Fsp3) is 0.906. The van der Waals surface area contributed by atoms with E-state index in [1.54, 1.807) is 0 Å². The summed E-state index contributed by atoms with van der Waals surface area (Å²) in [5, 5.41) is 13.3. The van der Waals surface area contributed by atoms with Crippen LogP contribution in [0.5, 0.6) is 0 Å². The summed E-state index contributed by atoms with van der Waals surface area (Å²) in [6.07, 6.45) is 11.8. The van der Waals surface area contributed by atoms with Crippen LogP contribution in [0.1, 0.15) is 106 Å². The van der Waals surface area contributed by atoms with Crippen molar-refractivity contribution in [2.75, 3.05) is 13.2 Å². The molecule has 0 aromatic rings. The minimum atomic E-state index is -0.301. The molecule has 0 saturated heterocycles. The van der Waals surface area contributed by atoms with Crippen LogP contribution in [0, 0.1) is 52.3 Å². The van der Waals surface area contributed by atoms with Gasteiger partial charge >= 0.3 is 6.09 Å². The molecular formula is C32H53NO4. The van der Waals surface area contributed by atoms with E-state index in [1.165, 1.54) is 49.9 Å². The Bertz CT molecular complexity index is 884. The molecule has 0 bridgehead atoms. The molecular weight excluding hydrogens is 462 g/mol. The Morgan fingerprint density at radius 3 is 2.59 bits per heavy atom. The van der Waals surface area contributed by atoms with Gasteiger partial charge in [0, 0.05) is 18.9 Å².